The smallest absolute Gasteiger partial charge is 0.344 e. The van der Waals surface area contributed by atoms with E-state index >= 15 is 0 Å². The number of cyclic esters (lactones) is 1. The SMILES string of the molecule is O=C(/C=C1/OC(=O)c2ccccc21)OCC(=O)c1ccccc1. The Kier molecular flexibility index (Phi) is 4.01. The Morgan fingerprint density at radius 2 is 1.61 bits per heavy atom. The van der Waals surface area contributed by atoms with E-state index in [-0.39, 0.29) is 18.1 Å². The van der Waals surface area contributed by atoms with Gasteiger partial charge in [0.05, 0.1) is 11.6 Å². The summed E-state index contributed by atoms with van der Waals surface area (Å²) in [4.78, 5) is 35.3. The molecule has 114 valence electrons. The molecule has 5 heteroatoms. The van der Waals surface area contributed by atoms with Gasteiger partial charge in [0.1, 0.15) is 5.76 Å². The van der Waals surface area contributed by atoms with Crippen molar-refractivity contribution in [1.29, 1.82) is 0 Å². The minimum absolute atomic E-state index is 0.128. The van der Waals surface area contributed by atoms with Crippen molar-refractivity contribution < 1.29 is 23.9 Å². The van der Waals surface area contributed by atoms with Crippen molar-refractivity contribution in [2.75, 3.05) is 6.61 Å². The highest BCUT2D eigenvalue weighted by Gasteiger charge is 2.26. The fourth-order valence-electron chi connectivity index (χ4n) is 2.19. The van der Waals surface area contributed by atoms with Gasteiger partial charge in [-0.15, -0.1) is 0 Å². The lowest BCUT2D eigenvalue weighted by Gasteiger charge is -2.02. The largest absolute Gasteiger partial charge is 0.454 e. The molecule has 0 unspecified atom stereocenters. The van der Waals surface area contributed by atoms with E-state index in [1.165, 1.54) is 0 Å². The Morgan fingerprint density at radius 1 is 0.957 bits per heavy atom. The molecule has 0 radical (unpaired) electrons. The molecule has 0 aromatic heterocycles. The molecular formula is C18H12O5. The predicted molar refractivity (Wildman–Crippen MR) is 81.6 cm³/mol. The molecule has 0 saturated heterocycles. The van der Waals surface area contributed by atoms with E-state index in [1.807, 2.05) is 0 Å². The Bertz CT molecular complexity index is 805. The van der Waals surface area contributed by atoms with Gasteiger partial charge in [-0.25, -0.2) is 9.59 Å². The van der Waals surface area contributed by atoms with Crippen LogP contribution in [0.15, 0.2) is 60.7 Å². The summed E-state index contributed by atoms with van der Waals surface area (Å²) in [7, 11) is 0. The standard InChI is InChI=1S/C18H12O5/c19-15(12-6-2-1-3-7-12)11-22-17(20)10-16-13-8-4-5-9-14(13)18(21)23-16/h1-10H,11H2/b16-10+. The van der Waals surface area contributed by atoms with Gasteiger partial charge in [0.15, 0.2) is 12.4 Å². The van der Waals surface area contributed by atoms with Crippen LogP contribution in [0.2, 0.25) is 0 Å². The first-order valence-corrected chi connectivity index (χ1v) is 6.93. The molecule has 0 atom stereocenters. The van der Waals surface area contributed by atoms with Gasteiger partial charge in [0.25, 0.3) is 0 Å². The Hall–Kier alpha value is -3.21. The third-order valence-corrected chi connectivity index (χ3v) is 3.31. The first-order valence-electron chi connectivity index (χ1n) is 6.93. The number of Topliss-reactive ketones (excluding diaryl/α,β-unsaturated/α-hetero) is 1. The van der Waals surface area contributed by atoms with Crippen LogP contribution in [0, 0.1) is 0 Å². The fraction of sp³-hybridized carbons (Fsp3) is 0.0556. The molecule has 0 N–H and O–H groups in total. The molecule has 0 amide bonds. The third-order valence-electron chi connectivity index (χ3n) is 3.31. The topological polar surface area (TPSA) is 69.7 Å². The zero-order valence-electron chi connectivity index (χ0n) is 12.0. The van der Waals surface area contributed by atoms with Crippen LogP contribution >= 0.6 is 0 Å². The van der Waals surface area contributed by atoms with Crippen molar-refractivity contribution >= 4 is 23.5 Å². The van der Waals surface area contributed by atoms with Gasteiger partial charge in [-0.1, -0.05) is 48.5 Å². The van der Waals surface area contributed by atoms with Gasteiger partial charge in [0, 0.05) is 11.1 Å². The molecule has 1 aliphatic rings. The van der Waals surface area contributed by atoms with Crippen LogP contribution < -0.4 is 0 Å². The van der Waals surface area contributed by atoms with Crippen molar-refractivity contribution in [3.63, 3.8) is 0 Å². The number of carbonyl (C=O) groups is 3. The van der Waals surface area contributed by atoms with Crippen LogP contribution in [-0.2, 0) is 14.3 Å². The van der Waals surface area contributed by atoms with E-state index < -0.39 is 11.9 Å². The van der Waals surface area contributed by atoms with Crippen molar-refractivity contribution in [2.45, 2.75) is 0 Å². The van der Waals surface area contributed by atoms with Crippen molar-refractivity contribution in [3.05, 3.63) is 77.4 Å². The maximum atomic E-state index is 11.9. The quantitative estimate of drug-likeness (QED) is 0.493. The van der Waals surface area contributed by atoms with E-state index in [0.717, 1.165) is 6.08 Å². The maximum Gasteiger partial charge on any atom is 0.344 e. The summed E-state index contributed by atoms with van der Waals surface area (Å²) in [5.74, 6) is -1.43. The molecule has 0 bridgehead atoms. The second-order valence-electron chi connectivity index (χ2n) is 4.84. The minimum atomic E-state index is -0.742. The van der Waals surface area contributed by atoms with Crippen molar-refractivity contribution in [2.24, 2.45) is 0 Å². The number of ketones is 1. The number of fused-ring (bicyclic) bond motifs is 1. The van der Waals surface area contributed by atoms with Crippen LogP contribution in [-0.4, -0.2) is 24.3 Å². The summed E-state index contributed by atoms with van der Waals surface area (Å²) in [6, 6.07) is 15.3. The zero-order valence-corrected chi connectivity index (χ0v) is 12.0. The van der Waals surface area contributed by atoms with Gasteiger partial charge >= 0.3 is 11.9 Å². The molecule has 2 aromatic rings. The van der Waals surface area contributed by atoms with Gasteiger partial charge in [-0.05, 0) is 6.07 Å². The van der Waals surface area contributed by atoms with Crippen molar-refractivity contribution in [3.8, 4) is 0 Å². The first kappa shape index (κ1) is 14.7. The normalized spacial score (nSPS) is 14.3. The highest BCUT2D eigenvalue weighted by molar-refractivity contribution is 6.06. The summed E-state index contributed by atoms with van der Waals surface area (Å²) in [5.41, 5.74) is 1.39. The van der Waals surface area contributed by atoms with Gasteiger partial charge in [-0.2, -0.15) is 0 Å². The molecule has 5 nitrogen and oxygen atoms in total. The summed E-state index contributed by atoms with van der Waals surface area (Å²) >= 11 is 0. The molecule has 3 rings (SSSR count). The average Bonchev–Trinajstić information content (AvgIpc) is 2.90. The molecule has 0 spiro atoms. The number of benzene rings is 2. The minimum Gasteiger partial charge on any atom is -0.454 e. The predicted octanol–water partition coefficient (Wildman–Crippen LogP) is 2.62. The van der Waals surface area contributed by atoms with Gasteiger partial charge < -0.3 is 9.47 Å². The number of hydrogen-bond donors (Lipinski definition) is 0. The maximum absolute atomic E-state index is 11.9. The number of hydrogen-bond acceptors (Lipinski definition) is 5. The van der Waals surface area contributed by atoms with E-state index in [9.17, 15) is 14.4 Å². The van der Waals surface area contributed by atoms with Crippen LogP contribution in [0.25, 0.3) is 5.76 Å². The van der Waals surface area contributed by atoms with Crippen LogP contribution in [0.1, 0.15) is 26.3 Å². The Morgan fingerprint density at radius 3 is 2.35 bits per heavy atom. The van der Waals surface area contributed by atoms with E-state index in [4.69, 9.17) is 9.47 Å². The summed E-state index contributed by atoms with van der Waals surface area (Å²) in [6.45, 7) is -0.373. The Labute approximate surface area is 132 Å². The average molecular weight is 308 g/mol. The number of carbonyl (C=O) groups excluding carboxylic acids is 3. The van der Waals surface area contributed by atoms with Crippen LogP contribution in [0.4, 0.5) is 0 Å². The second kappa shape index (κ2) is 6.27. The molecule has 0 aliphatic carbocycles. The number of esters is 2. The molecule has 23 heavy (non-hydrogen) atoms. The lowest BCUT2D eigenvalue weighted by Crippen LogP contribution is -2.12. The lowest BCUT2D eigenvalue weighted by atomic mass is 10.1. The summed E-state index contributed by atoms with van der Waals surface area (Å²) in [6.07, 6.45) is 1.07. The van der Waals surface area contributed by atoms with Crippen LogP contribution in [0.5, 0.6) is 0 Å². The van der Waals surface area contributed by atoms with E-state index in [2.05, 4.69) is 0 Å². The number of ether oxygens (including phenoxy) is 2. The molecule has 1 heterocycles. The molecule has 2 aromatic carbocycles. The van der Waals surface area contributed by atoms with Crippen molar-refractivity contribution in [1.82, 2.24) is 0 Å². The van der Waals surface area contributed by atoms with Gasteiger partial charge in [-0.3, -0.25) is 4.79 Å². The molecular weight excluding hydrogens is 296 g/mol. The lowest BCUT2D eigenvalue weighted by molar-refractivity contribution is -0.136. The van der Waals surface area contributed by atoms with Gasteiger partial charge in [0.2, 0.25) is 0 Å². The summed E-state index contributed by atoms with van der Waals surface area (Å²) in [5, 5.41) is 0. The second-order valence-corrected chi connectivity index (χ2v) is 4.84. The van der Waals surface area contributed by atoms with Crippen LogP contribution in [0.3, 0.4) is 0 Å². The molecule has 0 saturated carbocycles. The Balaban J connectivity index is 1.66. The van der Waals surface area contributed by atoms with E-state index in [1.54, 1.807) is 54.6 Å². The highest BCUT2D eigenvalue weighted by atomic mass is 16.6. The molecule has 1 aliphatic heterocycles. The van der Waals surface area contributed by atoms with E-state index in [0.29, 0.717) is 16.7 Å². The highest BCUT2D eigenvalue weighted by Crippen LogP contribution is 2.29. The third kappa shape index (κ3) is 3.18. The fourth-order valence-corrected chi connectivity index (χ4v) is 2.19. The monoisotopic (exact) mass is 308 g/mol. The zero-order chi connectivity index (χ0) is 16.2. The first-order chi connectivity index (χ1) is 11.1. The summed E-state index contributed by atoms with van der Waals surface area (Å²) < 4.78 is 9.94. The molecule has 0 fully saturated rings. The number of rotatable bonds is 4.